The molecular weight excluding hydrogens is 368 g/mol. The number of nitrogens with one attached hydrogen (secondary N) is 2. The lowest BCUT2D eigenvalue weighted by atomic mass is 10.0. The standard InChI is InChI=1S/C18H28N4O4S/c1-4-21(5-2)15-11-9-14(10-12-15)17(23)19-20-18(24)16-8-6-7-13-22(16)27(3,25)26/h9-12,16H,4-8,13H2,1-3H3,(H,19,23)(H,20,24)/t16-/m0/s1. The van der Waals surface area contributed by atoms with Crippen molar-refractivity contribution in [3.05, 3.63) is 29.8 Å². The fourth-order valence-electron chi connectivity index (χ4n) is 3.25. The number of carbonyl (C=O) groups is 2. The van der Waals surface area contributed by atoms with Crippen LogP contribution in [0.3, 0.4) is 0 Å². The van der Waals surface area contributed by atoms with Gasteiger partial charge in [-0.2, -0.15) is 4.31 Å². The maximum atomic E-state index is 12.4. The number of nitrogens with zero attached hydrogens (tertiary/aromatic N) is 2. The predicted octanol–water partition coefficient (Wildman–Crippen LogP) is 1.11. The molecule has 1 aromatic rings. The van der Waals surface area contributed by atoms with E-state index < -0.39 is 27.9 Å². The Morgan fingerprint density at radius 1 is 1.11 bits per heavy atom. The van der Waals surface area contributed by atoms with Crippen LogP contribution >= 0.6 is 0 Å². The number of carbonyl (C=O) groups excluding carboxylic acids is 2. The number of hydrazine groups is 1. The lowest BCUT2D eigenvalue weighted by Gasteiger charge is -2.32. The van der Waals surface area contributed by atoms with E-state index in [9.17, 15) is 18.0 Å². The van der Waals surface area contributed by atoms with Gasteiger partial charge in [0.1, 0.15) is 6.04 Å². The van der Waals surface area contributed by atoms with E-state index in [1.54, 1.807) is 12.1 Å². The van der Waals surface area contributed by atoms with Gasteiger partial charge in [0.05, 0.1) is 6.26 Å². The van der Waals surface area contributed by atoms with Crippen LogP contribution in [0.15, 0.2) is 24.3 Å². The molecule has 0 saturated carbocycles. The molecule has 27 heavy (non-hydrogen) atoms. The quantitative estimate of drug-likeness (QED) is 0.702. The number of benzene rings is 1. The lowest BCUT2D eigenvalue weighted by molar-refractivity contribution is -0.126. The number of hydrogen-bond donors (Lipinski definition) is 2. The van der Waals surface area contributed by atoms with E-state index in [1.807, 2.05) is 12.1 Å². The third kappa shape index (κ3) is 5.43. The highest BCUT2D eigenvalue weighted by atomic mass is 32.2. The molecule has 1 aliphatic heterocycles. The minimum atomic E-state index is -3.47. The molecule has 0 aromatic heterocycles. The van der Waals surface area contributed by atoms with Gasteiger partial charge in [0.25, 0.3) is 11.8 Å². The van der Waals surface area contributed by atoms with Gasteiger partial charge in [-0.3, -0.25) is 20.4 Å². The minimum Gasteiger partial charge on any atom is -0.372 e. The normalized spacial score (nSPS) is 18.0. The SMILES string of the molecule is CCN(CC)c1ccc(C(=O)NNC(=O)[C@@H]2CCCCN2S(C)(=O)=O)cc1. The third-order valence-corrected chi connectivity index (χ3v) is 6.03. The van der Waals surface area contributed by atoms with Gasteiger partial charge in [0.2, 0.25) is 10.0 Å². The van der Waals surface area contributed by atoms with Gasteiger partial charge in [-0.1, -0.05) is 6.42 Å². The number of hydrogen-bond acceptors (Lipinski definition) is 5. The molecule has 1 fully saturated rings. The van der Waals surface area contributed by atoms with E-state index in [4.69, 9.17) is 0 Å². The summed E-state index contributed by atoms with van der Waals surface area (Å²) in [5.74, 6) is -0.968. The van der Waals surface area contributed by atoms with Gasteiger partial charge in [-0.15, -0.1) is 0 Å². The van der Waals surface area contributed by atoms with Crippen LogP contribution in [-0.2, 0) is 14.8 Å². The minimum absolute atomic E-state index is 0.317. The van der Waals surface area contributed by atoms with Crippen molar-refractivity contribution >= 4 is 27.5 Å². The molecule has 150 valence electrons. The number of anilines is 1. The Morgan fingerprint density at radius 3 is 2.30 bits per heavy atom. The maximum Gasteiger partial charge on any atom is 0.269 e. The molecule has 0 radical (unpaired) electrons. The first-order chi connectivity index (χ1) is 12.8. The average molecular weight is 397 g/mol. The largest absolute Gasteiger partial charge is 0.372 e. The number of piperidine rings is 1. The Morgan fingerprint density at radius 2 is 1.74 bits per heavy atom. The summed E-state index contributed by atoms with van der Waals surface area (Å²) in [6.07, 6.45) is 3.02. The number of rotatable bonds is 6. The zero-order valence-electron chi connectivity index (χ0n) is 16.1. The first-order valence-electron chi connectivity index (χ1n) is 9.20. The zero-order chi connectivity index (χ0) is 20.0. The fraction of sp³-hybridized carbons (Fsp3) is 0.556. The van der Waals surface area contributed by atoms with Crippen molar-refractivity contribution < 1.29 is 18.0 Å². The second kappa shape index (κ2) is 9.18. The summed E-state index contributed by atoms with van der Waals surface area (Å²) >= 11 is 0. The van der Waals surface area contributed by atoms with E-state index in [1.165, 1.54) is 4.31 Å². The Bertz CT molecular complexity index is 760. The van der Waals surface area contributed by atoms with Crippen LogP contribution in [0.1, 0.15) is 43.5 Å². The molecule has 1 aliphatic rings. The van der Waals surface area contributed by atoms with Crippen LogP contribution < -0.4 is 15.8 Å². The van der Waals surface area contributed by atoms with E-state index >= 15 is 0 Å². The molecule has 2 N–H and O–H groups in total. The molecular formula is C18H28N4O4S. The summed E-state index contributed by atoms with van der Waals surface area (Å²) in [7, 11) is -3.47. The van der Waals surface area contributed by atoms with E-state index in [-0.39, 0.29) is 0 Å². The van der Waals surface area contributed by atoms with Crippen LogP contribution in [0.25, 0.3) is 0 Å². The molecule has 0 aliphatic carbocycles. The second-order valence-electron chi connectivity index (χ2n) is 6.55. The summed E-state index contributed by atoms with van der Waals surface area (Å²) in [5, 5.41) is 0. The smallest absolute Gasteiger partial charge is 0.269 e. The van der Waals surface area contributed by atoms with Crippen molar-refractivity contribution in [2.75, 3.05) is 30.8 Å². The van der Waals surface area contributed by atoms with Gasteiger partial charge in [0, 0.05) is 30.9 Å². The van der Waals surface area contributed by atoms with E-state index in [2.05, 4.69) is 29.6 Å². The summed E-state index contributed by atoms with van der Waals surface area (Å²) in [4.78, 5) is 26.8. The van der Waals surface area contributed by atoms with Crippen molar-refractivity contribution in [2.24, 2.45) is 0 Å². The molecule has 1 saturated heterocycles. The lowest BCUT2D eigenvalue weighted by Crippen LogP contribution is -2.55. The van der Waals surface area contributed by atoms with Gasteiger partial charge in [-0.05, 0) is 51.0 Å². The third-order valence-electron chi connectivity index (χ3n) is 4.74. The van der Waals surface area contributed by atoms with Gasteiger partial charge in [-0.25, -0.2) is 8.42 Å². The first kappa shape index (κ1) is 21.2. The first-order valence-corrected chi connectivity index (χ1v) is 11.0. The number of amides is 2. The van der Waals surface area contributed by atoms with Gasteiger partial charge < -0.3 is 4.90 Å². The van der Waals surface area contributed by atoms with Crippen LogP contribution in [0.5, 0.6) is 0 Å². The molecule has 0 spiro atoms. The van der Waals surface area contributed by atoms with Gasteiger partial charge >= 0.3 is 0 Å². The molecule has 0 unspecified atom stereocenters. The van der Waals surface area contributed by atoms with Crippen LogP contribution in [0, 0.1) is 0 Å². The monoisotopic (exact) mass is 396 g/mol. The van der Waals surface area contributed by atoms with Crippen molar-refractivity contribution in [3.8, 4) is 0 Å². The molecule has 8 nitrogen and oxygen atoms in total. The van der Waals surface area contributed by atoms with Crippen LogP contribution in [0.4, 0.5) is 5.69 Å². The topological polar surface area (TPSA) is 98.8 Å². The molecule has 2 rings (SSSR count). The highest BCUT2D eigenvalue weighted by molar-refractivity contribution is 7.88. The summed E-state index contributed by atoms with van der Waals surface area (Å²) < 4.78 is 24.9. The van der Waals surface area contributed by atoms with Crippen LogP contribution in [0.2, 0.25) is 0 Å². The molecule has 1 aromatic carbocycles. The second-order valence-corrected chi connectivity index (χ2v) is 8.48. The fourth-order valence-corrected chi connectivity index (χ4v) is 4.37. The van der Waals surface area contributed by atoms with E-state index in [0.29, 0.717) is 18.5 Å². The summed E-state index contributed by atoms with van der Waals surface area (Å²) in [5.41, 5.74) is 6.16. The Hall–Kier alpha value is -2.13. The van der Waals surface area contributed by atoms with Crippen molar-refractivity contribution in [1.29, 1.82) is 0 Å². The van der Waals surface area contributed by atoms with Gasteiger partial charge in [0.15, 0.2) is 0 Å². The molecule has 1 atom stereocenters. The van der Waals surface area contributed by atoms with Crippen molar-refractivity contribution in [3.63, 3.8) is 0 Å². The Labute approximate surface area is 160 Å². The summed E-state index contributed by atoms with van der Waals surface area (Å²) in [6, 6.07) is 6.31. The Kier molecular flexibility index (Phi) is 7.20. The van der Waals surface area contributed by atoms with Crippen LogP contribution in [-0.4, -0.2) is 56.5 Å². The predicted molar refractivity (Wildman–Crippen MR) is 105 cm³/mol. The number of sulfonamides is 1. The highest BCUT2D eigenvalue weighted by Crippen LogP contribution is 2.20. The molecule has 9 heteroatoms. The molecule has 1 heterocycles. The van der Waals surface area contributed by atoms with E-state index in [0.717, 1.165) is 37.9 Å². The molecule has 2 amide bonds. The average Bonchev–Trinajstić information content (AvgIpc) is 2.66. The van der Waals surface area contributed by atoms with Crippen molar-refractivity contribution in [2.45, 2.75) is 39.2 Å². The Balaban J connectivity index is 1.97. The maximum absolute atomic E-state index is 12.4. The summed E-state index contributed by atoms with van der Waals surface area (Å²) in [6.45, 7) is 6.18. The molecule has 0 bridgehead atoms. The highest BCUT2D eigenvalue weighted by Gasteiger charge is 2.34. The van der Waals surface area contributed by atoms with Crippen molar-refractivity contribution in [1.82, 2.24) is 15.2 Å². The zero-order valence-corrected chi connectivity index (χ0v) is 16.9.